The van der Waals surface area contributed by atoms with Gasteiger partial charge in [0.2, 0.25) is 11.8 Å². The third-order valence-corrected chi connectivity index (χ3v) is 4.68. The SMILES string of the molecule is CCNC(=O)Cc1ccc(NC(=O)[C@@H]2C[C@H]2c2ccccc2C)cc1. The highest BCUT2D eigenvalue weighted by atomic mass is 16.2. The molecule has 0 unspecified atom stereocenters. The van der Waals surface area contributed by atoms with E-state index in [0.717, 1.165) is 17.7 Å². The van der Waals surface area contributed by atoms with E-state index < -0.39 is 0 Å². The molecule has 0 radical (unpaired) electrons. The lowest BCUT2D eigenvalue weighted by Crippen LogP contribution is -2.24. The van der Waals surface area contributed by atoms with E-state index in [0.29, 0.717) is 18.9 Å². The van der Waals surface area contributed by atoms with Crippen molar-refractivity contribution in [1.29, 1.82) is 0 Å². The fraction of sp³-hybridized carbons (Fsp3) is 0.333. The molecule has 1 fully saturated rings. The second-order valence-corrected chi connectivity index (χ2v) is 6.62. The topological polar surface area (TPSA) is 58.2 Å². The Morgan fingerprint density at radius 2 is 1.80 bits per heavy atom. The van der Waals surface area contributed by atoms with Crippen LogP contribution in [0, 0.1) is 12.8 Å². The highest BCUT2D eigenvalue weighted by molar-refractivity contribution is 5.95. The summed E-state index contributed by atoms with van der Waals surface area (Å²) in [5.41, 5.74) is 4.24. The molecule has 4 nitrogen and oxygen atoms in total. The van der Waals surface area contributed by atoms with Crippen LogP contribution in [0.3, 0.4) is 0 Å². The molecule has 1 aliphatic rings. The number of carbonyl (C=O) groups excluding carboxylic acids is 2. The molecular formula is C21H24N2O2. The van der Waals surface area contributed by atoms with Crippen molar-refractivity contribution in [1.82, 2.24) is 5.32 Å². The molecule has 25 heavy (non-hydrogen) atoms. The zero-order valence-electron chi connectivity index (χ0n) is 14.7. The average molecular weight is 336 g/mol. The standard InChI is InChI=1S/C21H24N2O2/c1-3-22-20(24)12-15-8-10-16(11-9-15)23-21(25)19-13-18(19)17-7-5-4-6-14(17)2/h4-11,18-19H,3,12-13H2,1-2H3,(H,22,24)(H,23,25)/t18-,19+/m0/s1. The maximum Gasteiger partial charge on any atom is 0.228 e. The summed E-state index contributed by atoms with van der Waals surface area (Å²) in [6.45, 7) is 4.63. The van der Waals surface area contributed by atoms with Gasteiger partial charge in [-0.1, -0.05) is 36.4 Å². The Morgan fingerprint density at radius 3 is 2.48 bits per heavy atom. The van der Waals surface area contributed by atoms with Gasteiger partial charge in [-0.15, -0.1) is 0 Å². The summed E-state index contributed by atoms with van der Waals surface area (Å²) in [5, 5.41) is 5.77. The molecule has 1 saturated carbocycles. The van der Waals surface area contributed by atoms with E-state index in [1.807, 2.05) is 43.3 Å². The first-order chi connectivity index (χ1) is 12.1. The fourth-order valence-corrected chi connectivity index (χ4v) is 3.22. The molecular weight excluding hydrogens is 312 g/mol. The van der Waals surface area contributed by atoms with Crippen molar-refractivity contribution in [2.24, 2.45) is 5.92 Å². The van der Waals surface area contributed by atoms with Crippen LogP contribution in [0.4, 0.5) is 5.69 Å². The molecule has 130 valence electrons. The lowest BCUT2D eigenvalue weighted by Gasteiger charge is -2.08. The molecule has 2 atom stereocenters. The maximum absolute atomic E-state index is 12.4. The van der Waals surface area contributed by atoms with E-state index in [-0.39, 0.29) is 17.7 Å². The normalized spacial score (nSPS) is 18.5. The summed E-state index contributed by atoms with van der Waals surface area (Å²) in [6, 6.07) is 15.8. The molecule has 2 N–H and O–H groups in total. The van der Waals surface area contributed by atoms with Crippen LogP contribution in [0.25, 0.3) is 0 Å². The number of rotatable bonds is 6. The van der Waals surface area contributed by atoms with Crippen LogP contribution in [0.2, 0.25) is 0 Å². The third kappa shape index (κ3) is 4.27. The van der Waals surface area contributed by atoms with Gasteiger partial charge in [0.25, 0.3) is 0 Å². The number of hydrogen-bond acceptors (Lipinski definition) is 2. The van der Waals surface area contributed by atoms with E-state index in [4.69, 9.17) is 0 Å². The molecule has 0 aliphatic heterocycles. The Balaban J connectivity index is 1.55. The smallest absolute Gasteiger partial charge is 0.228 e. The Bertz CT molecular complexity index is 768. The Hall–Kier alpha value is -2.62. The Labute approximate surface area is 148 Å². The molecule has 4 heteroatoms. The molecule has 0 spiro atoms. The number of anilines is 1. The molecule has 0 aromatic heterocycles. The van der Waals surface area contributed by atoms with E-state index in [1.54, 1.807) is 0 Å². The number of likely N-dealkylation sites (N-methyl/N-ethyl adjacent to an activating group) is 1. The van der Waals surface area contributed by atoms with E-state index in [2.05, 4.69) is 29.7 Å². The first-order valence-corrected chi connectivity index (χ1v) is 8.80. The van der Waals surface area contributed by atoms with Crippen molar-refractivity contribution in [3.05, 3.63) is 65.2 Å². The Kier molecular flexibility index (Phi) is 5.17. The average Bonchev–Trinajstić information content (AvgIpc) is 3.38. The summed E-state index contributed by atoms with van der Waals surface area (Å²) in [5.74, 6) is 0.470. The molecule has 2 amide bonds. The molecule has 2 aromatic carbocycles. The predicted octanol–water partition coefficient (Wildman–Crippen LogP) is 3.42. The fourth-order valence-electron chi connectivity index (χ4n) is 3.22. The van der Waals surface area contributed by atoms with Crippen molar-refractivity contribution < 1.29 is 9.59 Å². The minimum Gasteiger partial charge on any atom is -0.356 e. The Morgan fingerprint density at radius 1 is 1.08 bits per heavy atom. The van der Waals surface area contributed by atoms with Gasteiger partial charge in [-0.05, 0) is 55.0 Å². The van der Waals surface area contributed by atoms with Gasteiger partial charge in [0.05, 0.1) is 6.42 Å². The van der Waals surface area contributed by atoms with Gasteiger partial charge >= 0.3 is 0 Å². The van der Waals surface area contributed by atoms with Crippen LogP contribution in [0.15, 0.2) is 48.5 Å². The van der Waals surface area contributed by atoms with Gasteiger partial charge in [-0.2, -0.15) is 0 Å². The van der Waals surface area contributed by atoms with Gasteiger partial charge in [0, 0.05) is 18.2 Å². The van der Waals surface area contributed by atoms with Crippen molar-refractivity contribution in [2.75, 3.05) is 11.9 Å². The number of nitrogens with one attached hydrogen (secondary N) is 2. The van der Waals surface area contributed by atoms with Crippen molar-refractivity contribution in [2.45, 2.75) is 32.6 Å². The largest absolute Gasteiger partial charge is 0.356 e. The van der Waals surface area contributed by atoms with Crippen LogP contribution in [-0.4, -0.2) is 18.4 Å². The highest BCUT2D eigenvalue weighted by Crippen LogP contribution is 2.48. The highest BCUT2D eigenvalue weighted by Gasteiger charge is 2.44. The van der Waals surface area contributed by atoms with Crippen molar-refractivity contribution >= 4 is 17.5 Å². The zero-order valence-corrected chi connectivity index (χ0v) is 14.7. The van der Waals surface area contributed by atoms with Crippen molar-refractivity contribution in [3.63, 3.8) is 0 Å². The quantitative estimate of drug-likeness (QED) is 0.849. The summed E-state index contributed by atoms with van der Waals surface area (Å²) in [6.07, 6.45) is 1.27. The minimum atomic E-state index is 0.0124. The van der Waals surface area contributed by atoms with Gasteiger partial charge < -0.3 is 10.6 Å². The van der Waals surface area contributed by atoms with E-state index >= 15 is 0 Å². The lowest BCUT2D eigenvalue weighted by atomic mass is 10.0. The number of hydrogen-bond donors (Lipinski definition) is 2. The number of aryl methyl sites for hydroxylation is 1. The van der Waals surface area contributed by atoms with Gasteiger partial charge in [0.15, 0.2) is 0 Å². The number of amides is 2. The van der Waals surface area contributed by atoms with Gasteiger partial charge in [0.1, 0.15) is 0 Å². The first-order valence-electron chi connectivity index (χ1n) is 8.80. The molecule has 2 aromatic rings. The van der Waals surface area contributed by atoms with Gasteiger partial charge in [-0.3, -0.25) is 9.59 Å². The molecule has 0 bridgehead atoms. The second kappa shape index (κ2) is 7.51. The number of benzene rings is 2. The van der Waals surface area contributed by atoms with Gasteiger partial charge in [-0.25, -0.2) is 0 Å². The molecule has 3 rings (SSSR count). The summed E-state index contributed by atoms with van der Waals surface area (Å²) >= 11 is 0. The third-order valence-electron chi connectivity index (χ3n) is 4.68. The summed E-state index contributed by atoms with van der Waals surface area (Å²) in [4.78, 5) is 24.0. The second-order valence-electron chi connectivity index (χ2n) is 6.62. The first kappa shape index (κ1) is 17.2. The van der Waals surface area contributed by atoms with Crippen LogP contribution in [0.1, 0.15) is 36.0 Å². The van der Waals surface area contributed by atoms with Crippen LogP contribution in [0.5, 0.6) is 0 Å². The zero-order chi connectivity index (χ0) is 17.8. The summed E-state index contributed by atoms with van der Waals surface area (Å²) < 4.78 is 0. The van der Waals surface area contributed by atoms with E-state index in [1.165, 1.54) is 11.1 Å². The summed E-state index contributed by atoms with van der Waals surface area (Å²) in [7, 11) is 0. The monoisotopic (exact) mass is 336 g/mol. The van der Waals surface area contributed by atoms with Crippen molar-refractivity contribution in [3.8, 4) is 0 Å². The predicted molar refractivity (Wildman–Crippen MR) is 99.5 cm³/mol. The van der Waals surface area contributed by atoms with Crippen LogP contribution >= 0.6 is 0 Å². The van der Waals surface area contributed by atoms with Crippen LogP contribution < -0.4 is 10.6 Å². The maximum atomic E-state index is 12.4. The number of carbonyl (C=O) groups is 2. The molecule has 0 saturated heterocycles. The van der Waals surface area contributed by atoms with E-state index in [9.17, 15) is 9.59 Å². The lowest BCUT2D eigenvalue weighted by molar-refractivity contribution is -0.120. The molecule has 0 heterocycles. The molecule has 1 aliphatic carbocycles. The minimum absolute atomic E-state index is 0.0124. The van der Waals surface area contributed by atoms with Crippen LogP contribution in [-0.2, 0) is 16.0 Å².